The minimum atomic E-state index is -0.375. The second-order valence-electron chi connectivity index (χ2n) is 10.00. The van der Waals surface area contributed by atoms with Crippen molar-refractivity contribution in [1.29, 1.82) is 0 Å². The van der Waals surface area contributed by atoms with Gasteiger partial charge in [0.05, 0.1) is 26.5 Å². The molecule has 1 aromatic carbocycles. The molecule has 3 aliphatic rings. The first kappa shape index (κ1) is 29.7. The molecule has 3 amide bonds. The Kier molecular flexibility index (Phi) is 9.97. The molecule has 0 saturated heterocycles. The summed E-state index contributed by atoms with van der Waals surface area (Å²) in [6.07, 6.45) is 12.7. The Balaban J connectivity index is 0.000000848. The Labute approximate surface area is 245 Å². The maximum absolute atomic E-state index is 13.4. The summed E-state index contributed by atoms with van der Waals surface area (Å²) < 4.78 is 10.7. The molecular weight excluding hydrogens is 555 g/mol. The zero-order valence-corrected chi connectivity index (χ0v) is 24.6. The third-order valence-corrected chi connectivity index (χ3v) is 8.15. The van der Waals surface area contributed by atoms with Gasteiger partial charge in [-0.15, -0.1) is 0 Å². The number of nitrogens with one attached hydrogen (secondary N) is 2. The van der Waals surface area contributed by atoms with Crippen LogP contribution in [-0.2, 0) is 11.3 Å². The van der Waals surface area contributed by atoms with Crippen LogP contribution in [0, 0.1) is 0 Å². The molecule has 2 unspecified atom stereocenters. The third-order valence-electron chi connectivity index (χ3n) is 7.42. The molecule has 2 atom stereocenters. The number of carbonyl (C=O) groups excluding carboxylic acids is 2. The first-order chi connectivity index (χ1) is 19.3. The molecule has 1 aromatic heterocycles. The number of rotatable bonds is 7. The molecule has 1 aliphatic heterocycles. The number of ether oxygens (including phenoxy) is 2. The van der Waals surface area contributed by atoms with Gasteiger partial charge in [0, 0.05) is 37.0 Å². The zero-order chi connectivity index (χ0) is 28.8. The molecule has 0 radical (unpaired) electrons. The standard InChI is InChI=1S/C24H28Cl2N6O4.C4H8/c1-5-18(33)28-14-8-6-7-9-15(14)29-23-27-11-13-12-32(24(34)31(2)22(13)30-23)21-19(25)16(35-3)10-17(36-4)20(21)26;1-2-4-3-1/h5,10-11,14-15H,1,6-9,12H2,2-4H3,(H,28,33)(H,27,29,30);1-4H2. The van der Waals surface area contributed by atoms with Gasteiger partial charge in [-0.3, -0.25) is 14.6 Å². The van der Waals surface area contributed by atoms with Crippen molar-refractivity contribution in [1.82, 2.24) is 15.3 Å². The minimum absolute atomic E-state index is 0.0383. The highest BCUT2D eigenvalue weighted by Gasteiger charge is 2.35. The van der Waals surface area contributed by atoms with Crippen molar-refractivity contribution >= 4 is 52.6 Å². The van der Waals surface area contributed by atoms with E-state index >= 15 is 0 Å². The predicted octanol–water partition coefficient (Wildman–Crippen LogP) is 5.96. The van der Waals surface area contributed by atoms with Crippen LogP contribution in [0.4, 0.5) is 22.2 Å². The zero-order valence-electron chi connectivity index (χ0n) is 23.1. The summed E-state index contributed by atoms with van der Waals surface area (Å²) in [6.45, 7) is 3.68. The molecule has 40 heavy (non-hydrogen) atoms. The number of aromatic nitrogens is 2. The van der Waals surface area contributed by atoms with E-state index in [4.69, 9.17) is 32.7 Å². The molecule has 2 N–H and O–H groups in total. The molecule has 12 heteroatoms. The van der Waals surface area contributed by atoms with E-state index in [0.29, 0.717) is 28.8 Å². The number of halogens is 2. The topological polar surface area (TPSA) is 109 Å². The van der Waals surface area contributed by atoms with E-state index in [1.165, 1.54) is 55.8 Å². The fourth-order valence-electron chi connectivity index (χ4n) is 4.80. The summed E-state index contributed by atoms with van der Waals surface area (Å²) in [5.74, 6) is 1.30. The van der Waals surface area contributed by atoms with Crippen LogP contribution in [0.1, 0.15) is 56.9 Å². The number of methoxy groups -OCH3 is 2. The quantitative estimate of drug-likeness (QED) is 0.383. The minimum Gasteiger partial charge on any atom is -0.495 e. The van der Waals surface area contributed by atoms with Crippen LogP contribution in [0.15, 0.2) is 24.9 Å². The summed E-state index contributed by atoms with van der Waals surface area (Å²) in [5.41, 5.74) is 0.985. The molecule has 2 aromatic rings. The van der Waals surface area contributed by atoms with E-state index in [9.17, 15) is 9.59 Å². The smallest absolute Gasteiger partial charge is 0.330 e. The van der Waals surface area contributed by atoms with Crippen molar-refractivity contribution in [2.45, 2.75) is 70.0 Å². The Morgan fingerprint density at radius 2 is 1.65 bits per heavy atom. The molecular formula is C28H36Cl2N6O4. The summed E-state index contributed by atoms with van der Waals surface area (Å²) in [5, 5.41) is 6.70. The van der Waals surface area contributed by atoms with E-state index in [2.05, 4.69) is 27.2 Å². The maximum Gasteiger partial charge on any atom is 0.330 e. The van der Waals surface area contributed by atoms with E-state index in [0.717, 1.165) is 25.7 Å². The Morgan fingerprint density at radius 1 is 1.05 bits per heavy atom. The number of amides is 3. The predicted molar refractivity (Wildman–Crippen MR) is 158 cm³/mol. The molecule has 2 saturated carbocycles. The second-order valence-corrected chi connectivity index (χ2v) is 10.8. The van der Waals surface area contributed by atoms with Crippen LogP contribution in [0.3, 0.4) is 0 Å². The monoisotopic (exact) mass is 590 g/mol. The number of hydrogen-bond donors (Lipinski definition) is 2. The number of urea groups is 1. The Hall–Kier alpha value is -3.24. The van der Waals surface area contributed by atoms with Gasteiger partial charge >= 0.3 is 6.03 Å². The van der Waals surface area contributed by atoms with E-state index in [1.54, 1.807) is 19.3 Å². The highest BCUT2D eigenvalue weighted by atomic mass is 35.5. The number of fused-ring (bicyclic) bond motifs is 1. The lowest BCUT2D eigenvalue weighted by Gasteiger charge is -2.36. The van der Waals surface area contributed by atoms with E-state index < -0.39 is 0 Å². The van der Waals surface area contributed by atoms with Crippen molar-refractivity contribution in [2.75, 3.05) is 36.4 Å². The molecule has 0 bridgehead atoms. The van der Waals surface area contributed by atoms with Crippen molar-refractivity contribution in [3.8, 4) is 11.5 Å². The molecule has 10 nitrogen and oxygen atoms in total. The average Bonchev–Trinajstić information content (AvgIpc) is 2.92. The van der Waals surface area contributed by atoms with Crippen LogP contribution < -0.4 is 29.9 Å². The lowest BCUT2D eigenvalue weighted by molar-refractivity contribution is -0.117. The number of anilines is 3. The van der Waals surface area contributed by atoms with Gasteiger partial charge in [-0.1, -0.05) is 68.3 Å². The lowest BCUT2D eigenvalue weighted by atomic mass is 9.90. The molecule has 2 fully saturated rings. The third kappa shape index (κ3) is 6.39. The molecule has 216 valence electrons. The van der Waals surface area contributed by atoms with Crippen molar-refractivity contribution < 1.29 is 19.1 Å². The maximum atomic E-state index is 13.4. The highest BCUT2D eigenvalue weighted by molar-refractivity contribution is 6.42. The van der Waals surface area contributed by atoms with Gasteiger partial charge < -0.3 is 20.1 Å². The number of hydrogen-bond acceptors (Lipinski definition) is 7. The van der Waals surface area contributed by atoms with Gasteiger partial charge in [0.25, 0.3) is 0 Å². The van der Waals surface area contributed by atoms with Gasteiger partial charge in [0.1, 0.15) is 27.4 Å². The Bertz CT molecular complexity index is 1220. The fraction of sp³-hybridized carbons (Fsp3) is 0.500. The van der Waals surface area contributed by atoms with Gasteiger partial charge in [-0.05, 0) is 18.9 Å². The van der Waals surface area contributed by atoms with Gasteiger partial charge in [-0.25, -0.2) is 9.78 Å². The number of benzene rings is 1. The molecule has 0 spiro atoms. The average molecular weight is 592 g/mol. The van der Waals surface area contributed by atoms with Crippen LogP contribution in [0.25, 0.3) is 0 Å². The number of carbonyl (C=O) groups is 2. The van der Waals surface area contributed by atoms with Crippen molar-refractivity contribution in [2.24, 2.45) is 0 Å². The molecule has 5 rings (SSSR count). The molecule has 2 heterocycles. The van der Waals surface area contributed by atoms with Crippen molar-refractivity contribution in [3.05, 3.63) is 40.5 Å². The summed E-state index contributed by atoms with van der Waals surface area (Å²) in [6, 6.07) is 1.09. The van der Waals surface area contributed by atoms with Gasteiger partial charge in [0.15, 0.2) is 0 Å². The summed E-state index contributed by atoms with van der Waals surface area (Å²) >= 11 is 13.1. The largest absolute Gasteiger partial charge is 0.495 e. The fourth-order valence-corrected chi connectivity index (χ4v) is 5.50. The highest BCUT2D eigenvalue weighted by Crippen LogP contribution is 2.47. The normalized spacial score (nSPS) is 19.9. The van der Waals surface area contributed by atoms with Gasteiger partial charge in [-0.2, -0.15) is 4.98 Å². The van der Waals surface area contributed by atoms with Crippen LogP contribution in [-0.4, -0.2) is 55.3 Å². The lowest BCUT2D eigenvalue weighted by Crippen LogP contribution is -2.48. The van der Waals surface area contributed by atoms with Crippen molar-refractivity contribution in [3.63, 3.8) is 0 Å². The molecule has 2 aliphatic carbocycles. The SMILES string of the molecule is C1CCC1.C=CC(=O)NC1CCCCC1Nc1ncc2c(n1)N(C)C(=O)N(c1c(Cl)c(OC)cc(OC)c1Cl)C2. The van der Waals surface area contributed by atoms with Gasteiger partial charge in [0.2, 0.25) is 11.9 Å². The van der Waals surface area contributed by atoms with E-state index in [1.807, 2.05) is 0 Å². The summed E-state index contributed by atoms with van der Waals surface area (Å²) in [4.78, 5) is 37.2. The Morgan fingerprint density at radius 3 is 2.20 bits per heavy atom. The summed E-state index contributed by atoms with van der Waals surface area (Å²) in [7, 11) is 4.57. The van der Waals surface area contributed by atoms with Crippen LogP contribution in [0.2, 0.25) is 10.0 Å². The van der Waals surface area contributed by atoms with Crippen LogP contribution in [0.5, 0.6) is 11.5 Å². The second kappa shape index (κ2) is 13.4. The van der Waals surface area contributed by atoms with Crippen LogP contribution >= 0.6 is 23.2 Å². The first-order valence-electron chi connectivity index (χ1n) is 13.5. The number of nitrogens with zero attached hydrogens (tertiary/aromatic N) is 4. The first-order valence-corrected chi connectivity index (χ1v) is 14.2. The van der Waals surface area contributed by atoms with E-state index in [-0.39, 0.29) is 46.3 Å².